The van der Waals surface area contributed by atoms with Crippen LogP contribution in [0.25, 0.3) is 22.3 Å². The molecule has 0 spiro atoms. The number of aromatic nitrogens is 5. The SMILES string of the molecule is COCOc1ccccc1-c1cc2c3c([nH]c2nn1)CCN(c1nccc(C2CCN(C(=O)OC(C)(C)C)CC2)n1)C3C. The zero-order valence-electron chi connectivity index (χ0n) is 25.5. The summed E-state index contributed by atoms with van der Waals surface area (Å²) in [6, 6.07) is 11.9. The summed E-state index contributed by atoms with van der Waals surface area (Å²) in [5.41, 5.74) is 5.24. The second kappa shape index (κ2) is 11.8. The highest BCUT2D eigenvalue weighted by atomic mass is 16.7. The number of rotatable bonds is 6. The highest BCUT2D eigenvalue weighted by molar-refractivity contribution is 5.86. The van der Waals surface area contributed by atoms with Crippen LogP contribution in [0.5, 0.6) is 5.75 Å². The van der Waals surface area contributed by atoms with E-state index in [1.807, 2.05) is 57.3 Å². The zero-order valence-corrected chi connectivity index (χ0v) is 25.5. The van der Waals surface area contributed by atoms with Crippen LogP contribution in [-0.2, 0) is 15.9 Å². The number of nitrogens with zero attached hydrogens (tertiary/aromatic N) is 6. The maximum atomic E-state index is 12.5. The number of nitrogens with one attached hydrogen (secondary N) is 1. The number of hydrogen-bond acceptors (Lipinski definition) is 9. The molecule has 3 aromatic heterocycles. The molecule has 43 heavy (non-hydrogen) atoms. The number of piperidine rings is 1. The molecule has 1 amide bonds. The van der Waals surface area contributed by atoms with Crippen LogP contribution in [0.15, 0.2) is 42.6 Å². The lowest BCUT2D eigenvalue weighted by molar-refractivity contribution is 0.0204. The van der Waals surface area contributed by atoms with E-state index in [2.05, 4.69) is 33.1 Å². The largest absolute Gasteiger partial charge is 0.467 e. The van der Waals surface area contributed by atoms with Gasteiger partial charge in [0.05, 0.1) is 11.7 Å². The van der Waals surface area contributed by atoms with Crippen molar-refractivity contribution in [1.82, 2.24) is 30.0 Å². The molecule has 0 aliphatic carbocycles. The number of methoxy groups -OCH3 is 1. The highest BCUT2D eigenvalue weighted by Gasteiger charge is 2.32. The number of carbonyl (C=O) groups excluding carboxylic acids is 1. The fourth-order valence-electron chi connectivity index (χ4n) is 6.06. The van der Waals surface area contributed by atoms with Gasteiger partial charge in [0, 0.05) is 73.2 Å². The summed E-state index contributed by atoms with van der Waals surface area (Å²) < 4.78 is 16.5. The molecule has 1 N–H and O–H groups in total. The van der Waals surface area contributed by atoms with Crippen molar-refractivity contribution in [3.8, 4) is 17.0 Å². The van der Waals surface area contributed by atoms with Gasteiger partial charge < -0.3 is 29.0 Å². The van der Waals surface area contributed by atoms with E-state index in [9.17, 15) is 4.79 Å². The fourth-order valence-corrected chi connectivity index (χ4v) is 6.06. The molecule has 1 saturated heterocycles. The first-order valence-corrected chi connectivity index (χ1v) is 14.9. The summed E-state index contributed by atoms with van der Waals surface area (Å²) in [4.78, 5) is 29.9. The molecule has 2 aliphatic rings. The highest BCUT2D eigenvalue weighted by Crippen LogP contribution is 2.39. The predicted molar refractivity (Wildman–Crippen MR) is 163 cm³/mol. The van der Waals surface area contributed by atoms with E-state index in [1.54, 1.807) is 12.0 Å². The first kappa shape index (κ1) is 28.9. The monoisotopic (exact) mass is 585 g/mol. The summed E-state index contributed by atoms with van der Waals surface area (Å²) >= 11 is 0. The van der Waals surface area contributed by atoms with Crippen LogP contribution in [0.4, 0.5) is 10.7 Å². The number of benzene rings is 1. The molecule has 1 aromatic carbocycles. The van der Waals surface area contributed by atoms with E-state index in [-0.39, 0.29) is 24.8 Å². The van der Waals surface area contributed by atoms with E-state index >= 15 is 0 Å². The summed E-state index contributed by atoms with van der Waals surface area (Å²) in [6.45, 7) is 10.1. The van der Waals surface area contributed by atoms with Crippen molar-refractivity contribution in [1.29, 1.82) is 0 Å². The molecule has 4 aromatic rings. The van der Waals surface area contributed by atoms with Gasteiger partial charge in [0.1, 0.15) is 11.4 Å². The molecule has 6 rings (SSSR count). The zero-order chi connectivity index (χ0) is 30.1. The smallest absolute Gasteiger partial charge is 0.410 e. The Balaban J connectivity index is 1.23. The maximum absolute atomic E-state index is 12.5. The first-order chi connectivity index (χ1) is 20.7. The second-order valence-electron chi connectivity index (χ2n) is 12.2. The summed E-state index contributed by atoms with van der Waals surface area (Å²) in [5, 5.41) is 10.1. The van der Waals surface area contributed by atoms with E-state index in [0.29, 0.717) is 18.8 Å². The number of anilines is 1. The lowest BCUT2D eigenvalue weighted by Gasteiger charge is -2.35. The van der Waals surface area contributed by atoms with E-state index in [0.717, 1.165) is 59.7 Å². The lowest BCUT2D eigenvalue weighted by Crippen LogP contribution is -2.41. The van der Waals surface area contributed by atoms with Crippen LogP contribution in [0, 0.1) is 0 Å². The van der Waals surface area contributed by atoms with E-state index in [4.69, 9.17) is 24.2 Å². The van der Waals surface area contributed by atoms with Gasteiger partial charge in [-0.2, -0.15) is 0 Å². The number of aromatic amines is 1. The van der Waals surface area contributed by atoms with Crippen molar-refractivity contribution in [2.24, 2.45) is 0 Å². The fraction of sp³-hybridized carbons (Fsp3) is 0.469. The minimum Gasteiger partial charge on any atom is -0.467 e. The number of amides is 1. The summed E-state index contributed by atoms with van der Waals surface area (Å²) in [5.74, 6) is 1.68. The topological polar surface area (TPSA) is 119 Å². The molecule has 226 valence electrons. The number of carbonyl (C=O) groups is 1. The predicted octanol–water partition coefficient (Wildman–Crippen LogP) is 5.64. The molecule has 2 aliphatic heterocycles. The maximum Gasteiger partial charge on any atom is 0.410 e. The minimum atomic E-state index is -0.498. The quantitative estimate of drug-likeness (QED) is 0.287. The molecule has 1 unspecified atom stereocenters. The van der Waals surface area contributed by atoms with Gasteiger partial charge >= 0.3 is 6.09 Å². The van der Waals surface area contributed by atoms with Crippen molar-refractivity contribution in [3.63, 3.8) is 0 Å². The van der Waals surface area contributed by atoms with Crippen molar-refractivity contribution < 1.29 is 19.0 Å². The van der Waals surface area contributed by atoms with Crippen molar-refractivity contribution in [2.75, 3.05) is 38.4 Å². The van der Waals surface area contributed by atoms with Crippen molar-refractivity contribution >= 4 is 23.1 Å². The van der Waals surface area contributed by atoms with Crippen LogP contribution in [0.2, 0.25) is 0 Å². The molecule has 5 heterocycles. The van der Waals surface area contributed by atoms with Gasteiger partial charge in [-0.05, 0) is 64.8 Å². The molecular formula is C32H39N7O4. The number of likely N-dealkylation sites (tertiary alicyclic amines) is 1. The Labute approximate surface area is 251 Å². The van der Waals surface area contributed by atoms with Gasteiger partial charge in [0.15, 0.2) is 12.4 Å². The molecule has 0 bridgehead atoms. The van der Waals surface area contributed by atoms with Gasteiger partial charge in [-0.25, -0.2) is 14.8 Å². The van der Waals surface area contributed by atoms with Gasteiger partial charge in [0.25, 0.3) is 0 Å². The first-order valence-electron chi connectivity index (χ1n) is 14.9. The molecule has 0 saturated carbocycles. The third kappa shape index (κ3) is 5.99. The van der Waals surface area contributed by atoms with Crippen LogP contribution < -0.4 is 9.64 Å². The lowest BCUT2D eigenvalue weighted by atomic mass is 9.93. The van der Waals surface area contributed by atoms with E-state index < -0.39 is 5.60 Å². The molecule has 11 heteroatoms. The van der Waals surface area contributed by atoms with Crippen LogP contribution in [0.3, 0.4) is 0 Å². The Morgan fingerprint density at radius 1 is 1.09 bits per heavy atom. The molecule has 11 nitrogen and oxygen atoms in total. The average Bonchev–Trinajstić information content (AvgIpc) is 3.38. The minimum absolute atomic E-state index is 0.0267. The number of H-pyrrole nitrogens is 1. The summed E-state index contributed by atoms with van der Waals surface area (Å²) in [6.07, 6.45) is 4.12. The Morgan fingerprint density at radius 2 is 1.88 bits per heavy atom. The molecule has 0 radical (unpaired) electrons. The molecule has 1 fully saturated rings. The Kier molecular flexibility index (Phi) is 7.91. The number of hydrogen-bond donors (Lipinski definition) is 1. The number of fused-ring (bicyclic) bond motifs is 3. The second-order valence-corrected chi connectivity index (χ2v) is 12.2. The molecule has 1 atom stereocenters. The van der Waals surface area contributed by atoms with Crippen molar-refractivity contribution in [3.05, 3.63) is 59.5 Å². The molecular weight excluding hydrogens is 546 g/mol. The third-order valence-electron chi connectivity index (χ3n) is 8.15. The number of para-hydroxylation sites is 1. The van der Waals surface area contributed by atoms with Crippen LogP contribution in [0.1, 0.15) is 69.4 Å². The van der Waals surface area contributed by atoms with E-state index in [1.165, 1.54) is 11.3 Å². The van der Waals surface area contributed by atoms with Crippen LogP contribution in [-0.4, -0.2) is 75.3 Å². The Bertz CT molecular complexity index is 1610. The number of ether oxygens (including phenoxy) is 3. The Morgan fingerprint density at radius 3 is 2.65 bits per heavy atom. The average molecular weight is 586 g/mol. The normalized spacial score (nSPS) is 17.7. The Hall–Kier alpha value is -4.25. The summed E-state index contributed by atoms with van der Waals surface area (Å²) in [7, 11) is 1.60. The van der Waals surface area contributed by atoms with Crippen molar-refractivity contribution in [2.45, 2.75) is 64.5 Å². The van der Waals surface area contributed by atoms with Gasteiger partial charge in [-0.15, -0.1) is 10.2 Å². The van der Waals surface area contributed by atoms with Crippen LogP contribution >= 0.6 is 0 Å². The third-order valence-corrected chi connectivity index (χ3v) is 8.15. The van der Waals surface area contributed by atoms with Gasteiger partial charge in [-0.3, -0.25) is 0 Å². The van der Waals surface area contributed by atoms with Gasteiger partial charge in [-0.1, -0.05) is 12.1 Å². The van der Waals surface area contributed by atoms with Gasteiger partial charge in [0.2, 0.25) is 5.95 Å². The standard InChI is InChI=1S/C32H39N7O4/c1-20-28-23-18-26(22-8-6-7-9-27(22)42-19-41-5)36-37-29(23)34-25(28)13-17-39(20)30-33-14-10-24(35-30)21-11-15-38(16-12-21)31(40)43-32(2,3)4/h6-10,14,18,20-21H,11-13,15-17,19H2,1-5H3,(H,34,37).